The van der Waals surface area contributed by atoms with Crippen molar-refractivity contribution in [1.29, 1.82) is 0 Å². The Kier molecular flexibility index (Phi) is 3.60. The average molecular weight is 225 g/mol. The summed E-state index contributed by atoms with van der Waals surface area (Å²) in [5.41, 5.74) is 1.19. The molecule has 15 heavy (non-hydrogen) atoms. The third-order valence-corrected chi connectivity index (χ3v) is 3.21. The number of aromatic nitrogens is 1. The Morgan fingerprint density at radius 1 is 1.60 bits per heavy atom. The Labute approximate surface area is 96.1 Å². The molecule has 82 valence electrons. The molecule has 2 nitrogen and oxygen atoms in total. The quantitative estimate of drug-likeness (QED) is 0.831. The van der Waals surface area contributed by atoms with Crippen LogP contribution in [0.25, 0.3) is 0 Å². The SMILES string of the molecule is CCNC(CC1CC1)c1ccncc1Cl. The van der Waals surface area contributed by atoms with Crippen LogP contribution in [0, 0.1) is 5.92 Å². The van der Waals surface area contributed by atoms with E-state index in [1.54, 1.807) is 6.20 Å². The molecule has 0 bridgehead atoms. The summed E-state index contributed by atoms with van der Waals surface area (Å²) in [5, 5.41) is 4.28. The summed E-state index contributed by atoms with van der Waals surface area (Å²) < 4.78 is 0. The maximum atomic E-state index is 6.16. The Bertz CT molecular complexity index is 323. The van der Waals surface area contributed by atoms with Gasteiger partial charge in [-0.1, -0.05) is 31.4 Å². The second kappa shape index (κ2) is 4.95. The topological polar surface area (TPSA) is 24.9 Å². The molecule has 1 unspecified atom stereocenters. The van der Waals surface area contributed by atoms with Gasteiger partial charge < -0.3 is 5.32 Å². The van der Waals surface area contributed by atoms with Crippen LogP contribution in [0.1, 0.15) is 37.8 Å². The van der Waals surface area contributed by atoms with Crippen molar-refractivity contribution in [2.75, 3.05) is 6.54 Å². The molecule has 0 radical (unpaired) electrons. The van der Waals surface area contributed by atoms with E-state index in [1.807, 2.05) is 12.3 Å². The molecule has 1 saturated carbocycles. The van der Waals surface area contributed by atoms with Gasteiger partial charge in [-0.25, -0.2) is 0 Å². The lowest BCUT2D eigenvalue weighted by Crippen LogP contribution is -2.21. The van der Waals surface area contributed by atoms with Gasteiger partial charge in [-0.2, -0.15) is 0 Å². The summed E-state index contributed by atoms with van der Waals surface area (Å²) in [7, 11) is 0. The third kappa shape index (κ3) is 2.93. The Morgan fingerprint density at radius 2 is 2.40 bits per heavy atom. The molecular formula is C12H17ClN2. The summed E-state index contributed by atoms with van der Waals surface area (Å²) >= 11 is 6.16. The van der Waals surface area contributed by atoms with Gasteiger partial charge in [0.1, 0.15) is 0 Å². The summed E-state index contributed by atoms with van der Waals surface area (Å²) in [6.07, 6.45) is 7.51. The monoisotopic (exact) mass is 224 g/mol. The van der Waals surface area contributed by atoms with E-state index in [2.05, 4.69) is 17.2 Å². The molecule has 3 heteroatoms. The highest BCUT2D eigenvalue weighted by atomic mass is 35.5. The Hall–Kier alpha value is -0.600. The van der Waals surface area contributed by atoms with Gasteiger partial charge in [-0.15, -0.1) is 0 Å². The molecule has 0 spiro atoms. The largest absolute Gasteiger partial charge is 0.310 e. The van der Waals surface area contributed by atoms with Gasteiger partial charge in [0, 0.05) is 18.4 Å². The van der Waals surface area contributed by atoms with Crippen LogP contribution in [0.5, 0.6) is 0 Å². The van der Waals surface area contributed by atoms with Gasteiger partial charge in [-0.3, -0.25) is 4.98 Å². The lowest BCUT2D eigenvalue weighted by Gasteiger charge is -2.18. The molecule has 1 aliphatic carbocycles. The zero-order chi connectivity index (χ0) is 10.7. The number of nitrogens with zero attached hydrogens (tertiary/aromatic N) is 1. The predicted octanol–water partition coefficient (Wildman–Crippen LogP) is 3.19. The van der Waals surface area contributed by atoms with Crippen molar-refractivity contribution in [2.45, 2.75) is 32.2 Å². The van der Waals surface area contributed by atoms with E-state index in [0.717, 1.165) is 17.5 Å². The summed E-state index contributed by atoms with van der Waals surface area (Å²) in [6, 6.07) is 2.43. The molecule has 0 aliphatic heterocycles. The van der Waals surface area contributed by atoms with Crippen molar-refractivity contribution in [3.05, 3.63) is 29.0 Å². The fraction of sp³-hybridized carbons (Fsp3) is 0.583. The molecule has 1 N–H and O–H groups in total. The lowest BCUT2D eigenvalue weighted by molar-refractivity contribution is 0.486. The minimum absolute atomic E-state index is 0.401. The second-order valence-corrected chi connectivity index (χ2v) is 4.59. The van der Waals surface area contributed by atoms with Crippen molar-refractivity contribution in [1.82, 2.24) is 10.3 Å². The van der Waals surface area contributed by atoms with Gasteiger partial charge in [0.25, 0.3) is 0 Å². The molecule has 1 fully saturated rings. The first-order valence-electron chi connectivity index (χ1n) is 5.64. The fourth-order valence-electron chi connectivity index (χ4n) is 1.92. The molecule has 0 aromatic carbocycles. The fourth-order valence-corrected chi connectivity index (χ4v) is 2.17. The van der Waals surface area contributed by atoms with Crippen LogP contribution in [0.4, 0.5) is 0 Å². The molecule has 1 atom stereocenters. The van der Waals surface area contributed by atoms with Crippen LogP contribution >= 0.6 is 11.6 Å². The lowest BCUT2D eigenvalue weighted by atomic mass is 10.0. The molecule has 2 rings (SSSR count). The standard InChI is InChI=1S/C12H17ClN2/c1-2-15-12(7-9-3-4-9)10-5-6-14-8-11(10)13/h5-6,8-9,12,15H,2-4,7H2,1H3. The van der Waals surface area contributed by atoms with E-state index in [4.69, 9.17) is 11.6 Å². The van der Waals surface area contributed by atoms with Gasteiger partial charge in [-0.05, 0) is 30.5 Å². The Balaban J connectivity index is 2.11. The predicted molar refractivity (Wildman–Crippen MR) is 63.0 cm³/mol. The first-order chi connectivity index (χ1) is 7.31. The second-order valence-electron chi connectivity index (χ2n) is 4.19. The maximum Gasteiger partial charge on any atom is 0.0637 e. The molecule has 1 aromatic rings. The van der Waals surface area contributed by atoms with Crippen molar-refractivity contribution < 1.29 is 0 Å². The number of nitrogens with one attached hydrogen (secondary N) is 1. The first kappa shape index (κ1) is 10.9. The van der Waals surface area contributed by atoms with E-state index in [-0.39, 0.29) is 0 Å². The highest BCUT2D eigenvalue weighted by Crippen LogP contribution is 2.38. The van der Waals surface area contributed by atoms with E-state index < -0.39 is 0 Å². The van der Waals surface area contributed by atoms with E-state index in [0.29, 0.717) is 6.04 Å². The molecule has 0 amide bonds. The summed E-state index contributed by atoms with van der Waals surface area (Å²) in [5.74, 6) is 0.901. The van der Waals surface area contributed by atoms with Crippen molar-refractivity contribution in [3.63, 3.8) is 0 Å². The van der Waals surface area contributed by atoms with Crippen LogP contribution in [0.2, 0.25) is 5.02 Å². The van der Waals surface area contributed by atoms with Crippen molar-refractivity contribution in [2.24, 2.45) is 5.92 Å². The average Bonchev–Trinajstić information content (AvgIpc) is 3.02. The minimum Gasteiger partial charge on any atom is -0.310 e. The van der Waals surface area contributed by atoms with Crippen LogP contribution in [-0.4, -0.2) is 11.5 Å². The first-order valence-corrected chi connectivity index (χ1v) is 6.02. The van der Waals surface area contributed by atoms with Crippen LogP contribution in [0.15, 0.2) is 18.5 Å². The zero-order valence-corrected chi connectivity index (χ0v) is 9.80. The summed E-state index contributed by atoms with van der Waals surface area (Å²) in [4.78, 5) is 4.02. The van der Waals surface area contributed by atoms with Gasteiger partial charge in [0.15, 0.2) is 0 Å². The molecule has 1 aromatic heterocycles. The number of pyridine rings is 1. The maximum absolute atomic E-state index is 6.16. The molecule has 1 heterocycles. The number of hydrogen-bond donors (Lipinski definition) is 1. The minimum atomic E-state index is 0.401. The van der Waals surface area contributed by atoms with Crippen LogP contribution in [0.3, 0.4) is 0 Å². The molecule has 0 saturated heterocycles. The number of hydrogen-bond acceptors (Lipinski definition) is 2. The van der Waals surface area contributed by atoms with E-state index >= 15 is 0 Å². The van der Waals surface area contributed by atoms with Crippen molar-refractivity contribution in [3.8, 4) is 0 Å². The molecule has 1 aliphatic rings. The summed E-state index contributed by atoms with van der Waals surface area (Å²) in [6.45, 7) is 3.12. The highest BCUT2D eigenvalue weighted by Gasteiger charge is 2.26. The molecular weight excluding hydrogens is 208 g/mol. The zero-order valence-electron chi connectivity index (χ0n) is 9.04. The van der Waals surface area contributed by atoms with Crippen LogP contribution < -0.4 is 5.32 Å². The van der Waals surface area contributed by atoms with E-state index in [1.165, 1.54) is 24.8 Å². The third-order valence-electron chi connectivity index (χ3n) is 2.90. The van der Waals surface area contributed by atoms with Gasteiger partial charge in [0.05, 0.1) is 5.02 Å². The smallest absolute Gasteiger partial charge is 0.0637 e. The van der Waals surface area contributed by atoms with Gasteiger partial charge >= 0.3 is 0 Å². The normalized spacial score (nSPS) is 17.7. The van der Waals surface area contributed by atoms with Crippen molar-refractivity contribution >= 4 is 11.6 Å². The van der Waals surface area contributed by atoms with Crippen LogP contribution in [-0.2, 0) is 0 Å². The number of rotatable bonds is 5. The van der Waals surface area contributed by atoms with E-state index in [9.17, 15) is 0 Å². The Morgan fingerprint density at radius 3 is 3.00 bits per heavy atom. The highest BCUT2D eigenvalue weighted by molar-refractivity contribution is 6.31. The number of halogens is 1. The van der Waals surface area contributed by atoms with Gasteiger partial charge in [0.2, 0.25) is 0 Å².